The fraction of sp³-hybridized carbons (Fsp3) is 0.560. The monoisotopic (exact) mass is 462 g/mol. The summed E-state index contributed by atoms with van der Waals surface area (Å²) in [5.41, 5.74) is 2.47. The number of aliphatic hydroxyl groups is 3. The summed E-state index contributed by atoms with van der Waals surface area (Å²) < 4.78 is 22.0. The fourth-order valence-corrected chi connectivity index (χ4v) is 4.19. The first kappa shape index (κ1) is 25.4. The number of carbonyl (C=O) groups is 1. The smallest absolute Gasteiger partial charge is 0.338 e. The molecule has 1 aliphatic heterocycles. The van der Waals surface area contributed by atoms with Gasteiger partial charge in [-0.3, -0.25) is 0 Å². The number of hydrogen-bond acceptors (Lipinski definition) is 8. The zero-order chi connectivity index (χ0) is 24.5. The van der Waals surface area contributed by atoms with E-state index in [1.165, 1.54) is 14.2 Å². The van der Waals surface area contributed by atoms with E-state index in [0.717, 1.165) is 16.7 Å². The molecule has 182 valence electrons. The lowest BCUT2D eigenvalue weighted by molar-refractivity contribution is -0.235. The van der Waals surface area contributed by atoms with Gasteiger partial charge in [-0.15, -0.1) is 0 Å². The van der Waals surface area contributed by atoms with Crippen molar-refractivity contribution in [2.24, 2.45) is 0 Å². The molecule has 3 rings (SSSR count). The van der Waals surface area contributed by atoms with Crippen molar-refractivity contribution >= 4 is 12.0 Å². The number of fused-ring (bicyclic) bond motifs is 1. The van der Waals surface area contributed by atoms with Crippen LogP contribution in [0.5, 0.6) is 5.75 Å². The molecule has 0 aromatic heterocycles. The van der Waals surface area contributed by atoms with Gasteiger partial charge in [0.2, 0.25) is 0 Å². The molecule has 1 aliphatic carbocycles. The quantitative estimate of drug-likeness (QED) is 0.435. The highest BCUT2D eigenvalue weighted by Gasteiger charge is 2.52. The maximum Gasteiger partial charge on any atom is 0.338 e. The number of rotatable bonds is 6. The van der Waals surface area contributed by atoms with Crippen LogP contribution in [-0.4, -0.2) is 77.7 Å². The van der Waals surface area contributed by atoms with Gasteiger partial charge in [-0.2, -0.15) is 0 Å². The van der Waals surface area contributed by atoms with Crippen molar-refractivity contribution in [1.29, 1.82) is 0 Å². The summed E-state index contributed by atoms with van der Waals surface area (Å²) in [5, 5.41) is 31.5. The van der Waals surface area contributed by atoms with E-state index < -0.39 is 48.2 Å². The van der Waals surface area contributed by atoms with Gasteiger partial charge in [-0.1, -0.05) is 17.7 Å². The van der Waals surface area contributed by atoms with Gasteiger partial charge in [0.1, 0.15) is 41.9 Å². The Bertz CT molecular complexity index is 913. The zero-order valence-corrected chi connectivity index (χ0v) is 19.9. The van der Waals surface area contributed by atoms with Crippen LogP contribution >= 0.6 is 0 Å². The minimum atomic E-state index is -1.44. The largest absolute Gasteiger partial charge is 0.483 e. The first-order chi connectivity index (χ1) is 15.5. The SMILES string of the molecule is COC1C(O)C(OC)C(O)C(OC(=O)c2cc3c(c(CC=C(C)C)c2)OC(C)(C)C=C3)C1O. The van der Waals surface area contributed by atoms with Crippen LogP contribution in [0.25, 0.3) is 6.08 Å². The van der Waals surface area contributed by atoms with E-state index in [1.54, 1.807) is 12.1 Å². The van der Waals surface area contributed by atoms with E-state index in [0.29, 0.717) is 12.2 Å². The Labute approximate surface area is 194 Å². The molecule has 1 saturated carbocycles. The molecule has 3 N–H and O–H groups in total. The second-order valence-electron chi connectivity index (χ2n) is 9.32. The molecule has 0 saturated heterocycles. The van der Waals surface area contributed by atoms with Crippen LogP contribution in [0.4, 0.5) is 0 Å². The number of carbonyl (C=O) groups excluding carboxylic acids is 1. The summed E-state index contributed by atoms with van der Waals surface area (Å²) in [7, 11) is 2.63. The molecule has 1 heterocycles. The van der Waals surface area contributed by atoms with Crippen molar-refractivity contribution < 1.29 is 39.1 Å². The topological polar surface area (TPSA) is 115 Å². The Hall–Kier alpha value is -2.23. The summed E-state index contributed by atoms with van der Waals surface area (Å²) in [4.78, 5) is 13.1. The van der Waals surface area contributed by atoms with Gasteiger partial charge in [-0.25, -0.2) is 4.79 Å². The first-order valence-electron chi connectivity index (χ1n) is 11.0. The summed E-state index contributed by atoms with van der Waals surface area (Å²) >= 11 is 0. The molecule has 33 heavy (non-hydrogen) atoms. The van der Waals surface area contributed by atoms with Gasteiger partial charge >= 0.3 is 5.97 Å². The third-order valence-electron chi connectivity index (χ3n) is 6.00. The second kappa shape index (κ2) is 9.95. The molecule has 0 radical (unpaired) electrons. The van der Waals surface area contributed by atoms with Crippen LogP contribution in [-0.2, 0) is 20.6 Å². The number of methoxy groups -OCH3 is 2. The van der Waals surface area contributed by atoms with E-state index in [-0.39, 0.29) is 5.56 Å². The van der Waals surface area contributed by atoms with Crippen molar-refractivity contribution in [3.63, 3.8) is 0 Å². The number of aliphatic hydroxyl groups excluding tert-OH is 3. The molecule has 1 aromatic rings. The van der Waals surface area contributed by atoms with Gasteiger partial charge in [0, 0.05) is 19.8 Å². The fourth-order valence-electron chi connectivity index (χ4n) is 4.19. The number of benzene rings is 1. The summed E-state index contributed by atoms with van der Waals surface area (Å²) in [6, 6.07) is 3.36. The predicted octanol–water partition coefficient (Wildman–Crippen LogP) is 2.03. The van der Waals surface area contributed by atoms with E-state index in [1.807, 2.05) is 45.9 Å². The molecule has 8 heteroatoms. The molecule has 1 aromatic carbocycles. The molecule has 8 nitrogen and oxygen atoms in total. The van der Waals surface area contributed by atoms with E-state index >= 15 is 0 Å². The molecular weight excluding hydrogens is 428 g/mol. The second-order valence-corrected chi connectivity index (χ2v) is 9.32. The Morgan fingerprint density at radius 3 is 2.15 bits per heavy atom. The van der Waals surface area contributed by atoms with Gasteiger partial charge in [0.15, 0.2) is 6.10 Å². The molecular formula is C25H34O8. The molecule has 4 atom stereocenters. The molecule has 4 unspecified atom stereocenters. The standard InChI is InChI=1S/C25H34O8/c1-13(2)7-8-14-11-16(12-15-9-10-25(3,4)33-20(14)15)24(29)32-23-18(27)21(30-5)17(26)22(31-6)19(23)28/h7,9-12,17-19,21-23,26-28H,8H2,1-6H3. The van der Waals surface area contributed by atoms with Crippen LogP contribution in [0.15, 0.2) is 29.9 Å². The number of hydrogen-bond donors (Lipinski definition) is 3. The molecule has 0 spiro atoms. The highest BCUT2D eigenvalue weighted by atomic mass is 16.6. The minimum absolute atomic E-state index is 0.257. The van der Waals surface area contributed by atoms with E-state index in [9.17, 15) is 20.1 Å². The molecule has 0 amide bonds. The lowest BCUT2D eigenvalue weighted by Crippen LogP contribution is -2.65. The highest BCUT2D eigenvalue weighted by molar-refractivity contribution is 5.91. The van der Waals surface area contributed by atoms with E-state index in [2.05, 4.69) is 0 Å². The Kier molecular flexibility index (Phi) is 7.65. The van der Waals surface area contributed by atoms with Crippen LogP contribution in [0.1, 0.15) is 49.2 Å². The Balaban J connectivity index is 1.93. The number of ether oxygens (including phenoxy) is 4. The maximum atomic E-state index is 13.1. The van der Waals surface area contributed by atoms with E-state index in [4.69, 9.17) is 18.9 Å². The van der Waals surface area contributed by atoms with Crippen LogP contribution < -0.4 is 4.74 Å². The lowest BCUT2D eigenvalue weighted by Gasteiger charge is -2.43. The molecule has 1 fully saturated rings. The average Bonchev–Trinajstić information content (AvgIpc) is 2.75. The summed E-state index contributed by atoms with van der Waals surface area (Å²) in [5.74, 6) is -0.0185. The lowest BCUT2D eigenvalue weighted by atomic mass is 9.84. The minimum Gasteiger partial charge on any atom is -0.483 e. The van der Waals surface area contributed by atoms with Crippen molar-refractivity contribution in [2.75, 3.05) is 14.2 Å². The average molecular weight is 463 g/mol. The Morgan fingerprint density at radius 2 is 1.61 bits per heavy atom. The Morgan fingerprint density at radius 1 is 1.03 bits per heavy atom. The van der Waals surface area contributed by atoms with Crippen LogP contribution in [0.2, 0.25) is 0 Å². The third kappa shape index (κ3) is 5.31. The summed E-state index contributed by atoms with van der Waals surface area (Å²) in [6.07, 6.45) is -1.27. The molecule has 2 aliphatic rings. The maximum absolute atomic E-state index is 13.1. The van der Waals surface area contributed by atoms with Gasteiger partial charge in [0.05, 0.1) is 5.56 Å². The highest BCUT2D eigenvalue weighted by Crippen LogP contribution is 2.36. The van der Waals surface area contributed by atoms with Gasteiger partial charge < -0.3 is 34.3 Å². The van der Waals surface area contributed by atoms with Crippen molar-refractivity contribution in [1.82, 2.24) is 0 Å². The van der Waals surface area contributed by atoms with Crippen molar-refractivity contribution in [2.45, 2.75) is 76.3 Å². The zero-order valence-electron chi connectivity index (χ0n) is 19.9. The van der Waals surface area contributed by atoms with Crippen molar-refractivity contribution in [3.05, 3.63) is 46.5 Å². The molecule has 0 bridgehead atoms. The van der Waals surface area contributed by atoms with Crippen LogP contribution in [0, 0.1) is 0 Å². The van der Waals surface area contributed by atoms with Gasteiger partial charge in [0.25, 0.3) is 0 Å². The normalized spacial score (nSPS) is 30.2. The summed E-state index contributed by atoms with van der Waals surface area (Å²) in [6.45, 7) is 7.90. The first-order valence-corrected chi connectivity index (χ1v) is 11.0. The number of esters is 1. The van der Waals surface area contributed by atoms with Crippen molar-refractivity contribution in [3.8, 4) is 5.75 Å². The van der Waals surface area contributed by atoms with Crippen LogP contribution in [0.3, 0.4) is 0 Å². The predicted molar refractivity (Wildman–Crippen MR) is 122 cm³/mol. The van der Waals surface area contributed by atoms with Gasteiger partial charge in [-0.05, 0) is 57.9 Å². The number of allylic oxidation sites excluding steroid dienone is 2. The third-order valence-corrected chi connectivity index (χ3v) is 6.00.